The molecule has 0 fully saturated rings. The molecule has 3 N–H and O–H groups in total. The van der Waals surface area contributed by atoms with E-state index >= 15 is 0 Å². The van der Waals surface area contributed by atoms with Gasteiger partial charge in [0.15, 0.2) is 5.69 Å². The molecule has 2 aromatic heterocycles. The summed E-state index contributed by atoms with van der Waals surface area (Å²) >= 11 is 5.65. The van der Waals surface area contributed by atoms with Crippen molar-refractivity contribution in [1.29, 1.82) is 0 Å². The minimum atomic E-state index is -0.624. The van der Waals surface area contributed by atoms with Crippen molar-refractivity contribution >= 4 is 40.1 Å². The first-order valence-corrected chi connectivity index (χ1v) is 8.14. The number of H-pyrrole nitrogens is 1. The van der Waals surface area contributed by atoms with Gasteiger partial charge in [0.05, 0.1) is 24.2 Å². The zero-order valence-corrected chi connectivity index (χ0v) is 14.7. The summed E-state index contributed by atoms with van der Waals surface area (Å²) in [5.74, 6) is 0.266. The fraction of sp³-hybridized carbons (Fsp3) is 0.176. The number of anilines is 1. The summed E-state index contributed by atoms with van der Waals surface area (Å²) in [4.78, 5) is 27.8. The van der Waals surface area contributed by atoms with Crippen LogP contribution in [0.2, 0.25) is 5.15 Å². The molecule has 3 aromatic rings. The van der Waals surface area contributed by atoms with Gasteiger partial charge in [-0.05, 0) is 24.3 Å². The molecule has 8 nitrogen and oxygen atoms in total. The van der Waals surface area contributed by atoms with E-state index in [4.69, 9.17) is 22.1 Å². The smallest absolute Gasteiger partial charge is 0.271 e. The lowest BCUT2D eigenvalue weighted by molar-refractivity contribution is -0.118. The highest BCUT2D eigenvalue weighted by molar-refractivity contribution is 6.29. The molecule has 0 bridgehead atoms. The average molecular weight is 374 g/mol. The Balaban J connectivity index is 0.000000151. The van der Waals surface area contributed by atoms with Gasteiger partial charge in [0.1, 0.15) is 16.4 Å². The van der Waals surface area contributed by atoms with Crippen LogP contribution >= 0.6 is 11.6 Å². The number of hydrogen-bond donors (Lipinski definition) is 2. The van der Waals surface area contributed by atoms with E-state index in [0.29, 0.717) is 29.2 Å². The predicted octanol–water partition coefficient (Wildman–Crippen LogP) is 2.14. The number of hydrogen-bond acceptors (Lipinski definition) is 5. The number of primary amides is 1. The van der Waals surface area contributed by atoms with E-state index in [1.165, 1.54) is 0 Å². The molecule has 9 heteroatoms. The number of carbonyl (C=O) groups excluding carboxylic acids is 2. The number of carbonyl (C=O) groups is 2. The second-order valence-electron chi connectivity index (χ2n) is 5.49. The fourth-order valence-corrected chi connectivity index (χ4v) is 2.60. The number of halogens is 1. The van der Waals surface area contributed by atoms with E-state index in [-0.39, 0.29) is 11.6 Å². The Bertz CT molecular complexity index is 972. The summed E-state index contributed by atoms with van der Waals surface area (Å²) in [6.07, 6.45) is 0.450. The molecule has 1 aliphatic heterocycles. The van der Waals surface area contributed by atoms with Gasteiger partial charge in [-0.25, -0.2) is 4.98 Å². The van der Waals surface area contributed by atoms with Gasteiger partial charge >= 0.3 is 0 Å². The normalized spacial score (nSPS) is 13.3. The van der Waals surface area contributed by atoms with Crippen LogP contribution < -0.4 is 15.4 Å². The summed E-state index contributed by atoms with van der Waals surface area (Å²) in [5, 5.41) is 6.64. The summed E-state index contributed by atoms with van der Waals surface area (Å²) in [7, 11) is 1.77. The van der Waals surface area contributed by atoms with Crippen molar-refractivity contribution in [3.8, 4) is 5.75 Å². The van der Waals surface area contributed by atoms with Gasteiger partial charge in [-0.1, -0.05) is 23.7 Å². The molecule has 1 aliphatic rings. The molecule has 1 aromatic carbocycles. The van der Waals surface area contributed by atoms with E-state index < -0.39 is 5.91 Å². The van der Waals surface area contributed by atoms with E-state index in [1.54, 1.807) is 24.1 Å². The molecule has 0 spiro atoms. The Hall–Kier alpha value is -3.13. The zero-order valence-electron chi connectivity index (χ0n) is 13.9. The molecular weight excluding hydrogens is 358 g/mol. The number of aromatic nitrogens is 3. The molecular formula is C17H16ClN5O3. The van der Waals surface area contributed by atoms with Gasteiger partial charge < -0.3 is 15.4 Å². The minimum Gasteiger partial charge on any atom is -0.491 e. The van der Waals surface area contributed by atoms with Gasteiger partial charge in [-0.2, -0.15) is 5.10 Å². The lowest BCUT2D eigenvalue weighted by Crippen LogP contribution is -2.24. The molecule has 0 saturated carbocycles. The molecule has 2 amide bonds. The Morgan fingerprint density at radius 2 is 2.08 bits per heavy atom. The molecule has 3 heterocycles. The number of pyridine rings is 1. The predicted molar refractivity (Wildman–Crippen MR) is 97.4 cm³/mol. The Morgan fingerprint density at radius 1 is 1.31 bits per heavy atom. The number of nitrogens with two attached hydrogens (primary N) is 1. The quantitative estimate of drug-likeness (QED) is 0.634. The van der Waals surface area contributed by atoms with Crippen LogP contribution in [0.15, 0.2) is 36.4 Å². The number of benzene rings is 1. The number of nitrogens with one attached hydrogen (secondary N) is 1. The lowest BCUT2D eigenvalue weighted by Gasteiger charge is -2.15. The first-order chi connectivity index (χ1) is 12.5. The van der Waals surface area contributed by atoms with E-state index in [0.717, 1.165) is 11.4 Å². The number of ether oxygens (including phenoxy) is 1. The molecule has 26 heavy (non-hydrogen) atoms. The average Bonchev–Trinajstić information content (AvgIpc) is 2.99. The fourth-order valence-electron chi connectivity index (χ4n) is 2.45. The van der Waals surface area contributed by atoms with Gasteiger partial charge in [-0.3, -0.25) is 14.7 Å². The van der Waals surface area contributed by atoms with Crippen LogP contribution in [0.1, 0.15) is 16.9 Å². The second kappa shape index (κ2) is 7.40. The maximum atomic E-state index is 11.4. The maximum Gasteiger partial charge on any atom is 0.271 e. The van der Waals surface area contributed by atoms with Crippen LogP contribution in [0.4, 0.5) is 5.69 Å². The van der Waals surface area contributed by atoms with Crippen molar-refractivity contribution in [3.63, 3.8) is 0 Å². The Kier molecular flexibility index (Phi) is 5.04. The largest absolute Gasteiger partial charge is 0.491 e. The highest BCUT2D eigenvalue weighted by Crippen LogP contribution is 2.29. The highest BCUT2D eigenvalue weighted by atomic mass is 35.5. The molecule has 0 unspecified atom stereocenters. The zero-order chi connectivity index (χ0) is 18.7. The SMILES string of the molecule is CN1C(=O)CCOc2ccccc21.NC(=O)c1n[nH]c2ccc(Cl)nc12. The van der Waals surface area contributed by atoms with Crippen LogP contribution in [0.25, 0.3) is 11.0 Å². The van der Waals surface area contributed by atoms with Crippen molar-refractivity contribution < 1.29 is 14.3 Å². The van der Waals surface area contributed by atoms with Gasteiger partial charge in [0.25, 0.3) is 5.91 Å². The summed E-state index contributed by atoms with van der Waals surface area (Å²) in [5.41, 5.74) is 7.07. The van der Waals surface area contributed by atoms with Gasteiger partial charge in [0, 0.05) is 7.05 Å². The highest BCUT2D eigenvalue weighted by Gasteiger charge is 2.18. The molecule has 0 saturated heterocycles. The number of amides is 2. The van der Waals surface area contributed by atoms with E-state index in [9.17, 15) is 9.59 Å². The molecule has 134 valence electrons. The van der Waals surface area contributed by atoms with E-state index in [2.05, 4.69) is 15.2 Å². The van der Waals surface area contributed by atoms with Crippen LogP contribution in [0.5, 0.6) is 5.75 Å². The molecule has 0 aliphatic carbocycles. The van der Waals surface area contributed by atoms with Gasteiger partial charge in [-0.15, -0.1) is 0 Å². The van der Waals surface area contributed by atoms with Crippen molar-refractivity contribution in [2.24, 2.45) is 5.73 Å². The van der Waals surface area contributed by atoms with Crippen LogP contribution in [0, 0.1) is 0 Å². The molecule has 0 atom stereocenters. The third-order valence-corrected chi connectivity index (χ3v) is 3.99. The van der Waals surface area contributed by atoms with Crippen LogP contribution in [-0.4, -0.2) is 40.7 Å². The maximum absolute atomic E-state index is 11.4. The minimum absolute atomic E-state index is 0.102. The number of aromatic amines is 1. The second-order valence-corrected chi connectivity index (χ2v) is 5.87. The third kappa shape index (κ3) is 3.60. The Labute approximate surface area is 153 Å². The summed E-state index contributed by atoms with van der Waals surface area (Å²) in [6, 6.07) is 10.9. The summed E-state index contributed by atoms with van der Waals surface area (Å²) in [6.45, 7) is 0.472. The number of para-hydroxylation sites is 2. The first-order valence-electron chi connectivity index (χ1n) is 7.76. The Morgan fingerprint density at radius 3 is 2.85 bits per heavy atom. The van der Waals surface area contributed by atoms with Crippen LogP contribution in [-0.2, 0) is 4.79 Å². The third-order valence-electron chi connectivity index (χ3n) is 3.78. The topological polar surface area (TPSA) is 114 Å². The van der Waals surface area contributed by atoms with Crippen molar-refractivity contribution in [3.05, 3.63) is 47.2 Å². The standard InChI is InChI=1S/C10H11NO2.C7H5ClN4O/c1-11-8-4-2-3-5-9(8)13-7-6-10(11)12;8-4-2-1-3-5(10-4)6(7(9)13)12-11-3/h2-5H,6-7H2,1H3;1-2H,(H2,9,13)(H,11,12). The molecule has 0 radical (unpaired) electrons. The molecule has 4 rings (SSSR count). The number of nitrogens with zero attached hydrogens (tertiary/aromatic N) is 3. The first kappa shape index (κ1) is 17.7. The van der Waals surface area contributed by atoms with E-state index in [1.807, 2.05) is 24.3 Å². The summed E-state index contributed by atoms with van der Waals surface area (Å²) < 4.78 is 5.43. The monoisotopic (exact) mass is 373 g/mol. The number of fused-ring (bicyclic) bond motifs is 2. The van der Waals surface area contributed by atoms with Crippen molar-refractivity contribution in [2.45, 2.75) is 6.42 Å². The van der Waals surface area contributed by atoms with Crippen molar-refractivity contribution in [1.82, 2.24) is 15.2 Å². The van der Waals surface area contributed by atoms with Crippen molar-refractivity contribution in [2.75, 3.05) is 18.6 Å². The van der Waals surface area contributed by atoms with Crippen LogP contribution in [0.3, 0.4) is 0 Å². The lowest BCUT2D eigenvalue weighted by atomic mass is 10.2. The number of rotatable bonds is 1. The van der Waals surface area contributed by atoms with Gasteiger partial charge in [0.2, 0.25) is 5.91 Å².